The van der Waals surface area contributed by atoms with Gasteiger partial charge in [0.05, 0.1) is 6.61 Å². The second kappa shape index (κ2) is 6.08. The first-order valence-electron chi connectivity index (χ1n) is 7.68. The van der Waals surface area contributed by atoms with E-state index in [0.717, 1.165) is 24.0 Å². The van der Waals surface area contributed by atoms with Gasteiger partial charge in [0, 0.05) is 18.7 Å². The molecule has 0 unspecified atom stereocenters. The van der Waals surface area contributed by atoms with E-state index in [1.807, 2.05) is 27.7 Å². The molecule has 2 rings (SSSR count). The van der Waals surface area contributed by atoms with Gasteiger partial charge in [-0.3, -0.25) is 0 Å². The van der Waals surface area contributed by atoms with Gasteiger partial charge in [0.2, 0.25) is 0 Å². The lowest BCUT2D eigenvalue weighted by atomic mass is 9.96. The monoisotopic (exact) mass is 295 g/mol. The lowest BCUT2D eigenvalue weighted by Gasteiger charge is -2.32. The molecule has 5 nitrogen and oxygen atoms in total. The molecule has 1 aliphatic heterocycles. The summed E-state index contributed by atoms with van der Waals surface area (Å²) in [4.78, 5) is 25.9. The first-order valence-corrected chi connectivity index (χ1v) is 7.68. The van der Waals surface area contributed by atoms with Gasteiger partial charge < -0.3 is 14.4 Å². The van der Waals surface area contributed by atoms with Crippen LogP contribution >= 0.6 is 0 Å². The minimum atomic E-state index is -0.498. The zero-order chi connectivity index (χ0) is 15.6. The van der Waals surface area contributed by atoms with Gasteiger partial charge >= 0.3 is 12.1 Å². The normalized spacial score (nSPS) is 19.5. The number of nitrogens with zero attached hydrogens (tertiary/aromatic N) is 1. The topological polar surface area (TPSA) is 55.8 Å². The zero-order valence-electron chi connectivity index (χ0n) is 13.4. The summed E-state index contributed by atoms with van der Waals surface area (Å²) in [7, 11) is 0. The number of carbonyl (C=O) groups excluding carboxylic acids is 2. The van der Waals surface area contributed by atoms with Gasteiger partial charge in [0.25, 0.3) is 0 Å². The fourth-order valence-electron chi connectivity index (χ4n) is 2.53. The third-order valence-corrected chi connectivity index (χ3v) is 3.62. The van der Waals surface area contributed by atoms with Crippen molar-refractivity contribution in [1.29, 1.82) is 0 Å². The first-order chi connectivity index (χ1) is 9.81. The molecule has 0 spiro atoms. The summed E-state index contributed by atoms with van der Waals surface area (Å²) < 4.78 is 10.6. The predicted octanol–water partition coefficient (Wildman–Crippen LogP) is 2.90. The van der Waals surface area contributed by atoms with E-state index in [-0.39, 0.29) is 12.1 Å². The van der Waals surface area contributed by atoms with Gasteiger partial charge in [-0.05, 0) is 58.4 Å². The van der Waals surface area contributed by atoms with Crippen LogP contribution in [0, 0.1) is 5.92 Å². The summed E-state index contributed by atoms with van der Waals surface area (Å²) in [5.74, 6) is 0.220. The Hall–Kier alpha value is -1.52. The minimum absolute atomic E-state index is 0.219. The van der Waals surface area contributed by atoms with Crippen molar-refractivity contribution in [3.05, 3.63) is 11.1 Å². The second-order valence-corrected chi connectivity index (χ2v) is 6.65. The van der Waals surface area contributed by atoms with E-state index < -0.39 is 5.60 Å². The highest BCUT2D eigenvalue weighted by molar-refractivity contribution is 5.90. The molecule has 1 heterocycles. The maximum absolute atomic E-state index is 12.2. The summed E-state index contributed by atoms with van der Waals surface area (Å²) in [5.41, 5.74) is 1.35. The van der Waals surface area contributed by atoms with Gasteiger partial charge in [-0.25, -0.2) is 9.59 Å². The molecule has 5 heteroatoms. The van der Waals surface area contributed by atoms with E-state index in [1.54, 1.807) is 4.90 Å². The molecule has 2 aliphatic rings. The van der Waals surface area contributed by atoms with E-state index in [4.69, 9.17) is 9.47 Å². The molecule has 1 amide bonds. The summed E-state index contributed by atoms with van der Waals surface area (Å²) >= 11 is 0. The Balaban J connectivity index is 2.09. The molecule has 0 saturated heterocycles. The lowest BCUT2D eigenvalue weighted by Crippen LogP contribution is -2.42. The molecular weight excluding hydrogens is 270 g/mol. The molecule has 1 saturated carbocycles. The predicted molar refractivity (Wildman–Crippen MR) is 78.8 cm³/mol. The molecule has 0 aromatic heterocycles. The van der Waals surface area contributed by atoms with Gasteiger partial charge in [-0.1, -0.05) is 0 Å². The van der Waals surface area contributed by atoms with Crippen LogP contribution < -0.4 is 0 Å². The highest BCUT2D eigenvalue weighted by atomic mass is 16.6. The molecule has 0 atom stereocenters. The van der Waals surface area contributed by atoms with Gasteiger partial charge in [-0.2, -0.15) is 0 Å². The van der Waals surface area contributed by atoms with Crippen LogP contribution in [0.5, 0.6) is 0 Å². The van der Waals surface area contributed by atoms with Crippen molar-refractivity contribution in [2.24, 2.45) is 5.92 Å². The highest BCUT2D eigenvalue weighted by Gasteiger charge is 2.36. The van der Waals surface area contributed by atoms with Crippen LogP contribution in [-0.4, -0.2) is 42.3 Å². The molecule has 0 bridgehead atoms. The number of esters is 1. The fraction of sp³-hybridized carbons (Fsp3) is 0.750. The van der Waals surface area contributed by atoms with E-state index in [0.29, 0.717) is 32.0 Å². The van der Waals surface area contributed by atoms with Crippen molar-refractivity contribution in [1.82, 2.24) is 4.90 Å². The van der Waals surface area contributed by atoms with Gasteiger partial charge in [0.15, 0.2) is 0 Å². The Morgan fingerprint density at radius 1 is 1.29 bits per heavy atom. The third kappa shape index (κ3) is 4.22. The average Bonchev–Trinajstić information content (AvgIpc) is 3.20. The van der Waals surface area contributed by atoms with Crippen molar-refractivity contribution < 1.29 is 19.1 Å². The smallest absolute Gasteiger partial charge is 0.410 e. The second-order valence-electron chi connectivity index (χ2n) is 6.65. The summed E-state index contributed by atoms with van der Waals surface area (Å²) in [6.45, 7) is 8.78. The molecule has 1 aliphatic carbocycles. The number of hydrogen-bond acceptors (Lipinski definition) is 4. The first kappa shape index (κ1) is 15.9. The van der Waals surface area contributed by atoms with E-state index in [2.05, 4.69) is 0 Å². The minimum Gasteiger partial charge on any atom is -0.463 e. The number of ether oxygens (including phenoxy) is 2. The van der Waals surface area contributed by atoms with E-state index >= 15 is 0 Å². The molecule has 118 valence electrons. The molecule has 0 radical (unpaired) electrons. The van der Waals surface area contributed by atoms with Crippen LogP contribution in [0.25, 0.3) is 0 Å². The van der Waals surface area contributed by atoms with Crippen LogP contribution in [0.1, 0.15) is 47.0 Å². The fourth-order valence-corrected chi connectivity index (χ4v) is 2.53. The number of rotatable bonds is 3. The lowest BCUT2D eigenvalue weighted by molar-refractivity contribution is -0.139. The van der Waals surface area contributed by atoms with Crippen LogP contribution in [-0.2, 0) is 14.3 Å². The van der Waals surface area contributed by atoms with Crippen molar-refractivity contribution in [2.75, 3.05) is 19.7 Å². The largest absolute Gasteiger partial charge is 0.463 e. The van der Waals surface area contributed by atoms with Crippen molar-refractivity contribution >= 4 is 12.1 Å². The van der Waals surface area contributed by atoms with Crippen LogP contribution in [0.3, 0.4) is 0 Å². The zero-order valence-corrected chi connectivity index (χ0v) is 13.4. The molecule has 0 N–H and O–H groups in total. The summed E-state index contributed by atoms with van der Waals surface area (Å²) in [6, 6.07) is 0. The average molecular weight is 295 g/mol. The van der Waals surface area contributed by atoms with E-state index in [1.165, 1.54) is 0 Å². The molecule has 0 aromatic carbocycles. The Bertz CT molecular complexity index is 457. The number of hydrogen-bond donors (Lipinski definition) is 0. The van der Waals surface area contributed by atoms with Crippen LogP contribution in [0.15, 0.2) is 11.1 Å². The molecule has 0 aromatic rings. The maximum atomic E-state index is 12.2. The number of amides is 1. The summed E-state index contributed by atoms with van der Waals surface area (Å²) in [5, 5.41) is 0. The van der Waals surface area contributed by atoms with Crippen molar-refractivity contribution in [2.45, 2.75) is 52.6 Å². The standard InChI is InChI=1S/C16H25NO4/c1-5-20-14(18)12-8-9-17(10-13(12)11-6-7-11)15(19)21-16(2,3)4/h11H,5-10H2,1-4H3. The van der Waals surface area contributed by atoms with Crippen LogP contribution in [0.2, 0.25) is 0 Å². The van der Waals surface area contributed by atoms with Crippen molar-refractivity contribution in [3.63, 3.8) is 0 Å². The molecular formula is C16H25NO4. The van der Waals surface area contributed by atoms with Crippen LogP contribution in [0.4, 0.5) is 4.79 Å². The highest BCUT2D eigenvalue weighted by Crippen LogP contribution is 2.41. The summed E-state index contributed by atoms with van der Waals surface area (Å²) in [6.07, 6.45) is 2.45. The van der Waals surface area contributed by atoms with Gasteiger partial charge in [-0.15, -0.1) is 0 Å². The number of carbonyl (C=O) groups is 2. The molecule has 21 heavy (non-hydrogen) atoms. The Kier molecular flexibility index (Phi) is 4.59. The Morgan fingerprint density at radius 3 is 2.48 bits per heavy atom. The SMILES string of the molecule is CCOC(=O)C1=C(C2CC2)CN(C(=O)OC(C)(C)C)CC1. The quantitative estimate of drug-likeness (QED) is 0.751. The maximum Gasteiger partial charge on any atom is 0.410 e. The van der Waals surface area contributed by atoms with Crippen molar-refractivity contribution in [3.8, 4) is 0 Å². The third-order valence-electron chi connectivity index (χ3n) is 3.62. The van der Waals surface area contributed by atoms with Gasteiger partial charge in [0.1, 0.15) is 5.60 Å². The Labute approximate surface area is 126 Å². The Morgan fingerprint density at radius 2 is 1.95 bits per heavy atom. The molecule has 1 fully saturated rings. The van der Waals surface area contributed by atoms with E-state index in [9.17, 15) is 9.59 Å².